The van der Waals surface area contributed by atoms with E-state index in [0.29, 0.717) is 19.3 Å². The minimum Gasteiger partial charge on any atom is -0.239 e. The Hall–Kier alpha value is -1.07. The molecule has 2 unspecified atom stereocenters. The van der Waals surface area contributed by atoms with Crippen LogP contribution in [0.5, 0.6) is 0 Å². The molecule has 0 N–H and O–H groups in total. The molecular formula is C6H8F2N4. The second-order valence-corrected chi connectivity index (χ2v) is 2.81. The first-order valence-corrected chi connectivity index (χ1v) is 3.85. The molecule has 4 nitrogen and oxygen atoms in total. The van der Waals surface area contributed by atoms with Gasteiger partial charge in [-0.3, -0.25) is 0 Å². The molecule has 0 aliphatic carbocycles. The highest BCUT2D eigenvalue weighted by Crippen LogP contribution is 2.30. The lowest BCUT2D eigenvalue weighted by molar-refractivity contribution is 0.199. The molecule has 2 rings (SSSR count). The Balaban J connectivity index is 2.39. The van der Waals surface area contributed by atoms with E-state index in [0.717, 1.165) is 4.68 Å². The second-order valence-electron chi connectivity index (χ2n) is 2.81. The van der Waals surface area contributed by atoms with Crippen LogP contribution in [0.15, 0.2) is 0 Å². The molecule has 1 aromatic rings. The van der Waals surface area contributed by atoms with Gasteiger partial charge in [0.05, 0.1) is 0 Å². The van der Waals surface area contributed by atoms with Crippen molar-refractivity contribution in [3.05, 3.63) is 5.82 Å². The zero-order chi connectivity index (χ0) is 8.55. The molecule has 0 spiro atoms. The quantitative estimate of drug-likeness (QED) is 0.596. The monoisotopic (exact) mass is 174 g/mol. The number of hydrogen-bond acceptors (Lipinski definition) is 3. The minimum absolute atomic E-state index is 0.0139. The van der Waals surface area contributed by atoms with Gasteiger partial charge in [0.1, 0.15) is 0 Å². The minimum atomic E-state index is -1.27. The molecule has 0 radical (unpaired) electrons. The van der Waals surface area contributed by atoms with Gasteiger partial charge in [0.15, 0.2) is 18.3 Å². The average molecular weight is 174 g/mol. The Morgan fingerprint density at radius 3 is 3.00 bits per heavy atom. The van der Waals surface area contributed by atoms with Crippen molar-refractivity contribution >= 4 is 0 Å². The van der Waals surface area contributed by atoms with Crippen molar-refractivity contribution in [1.82, 2.24) is 20.2 Å². The maximum absolute atomic E-state index is 13.1. The van der Waals surface area contributed by atoms with Gasteiger partial charge in [-0.15, -0.1) is 5.10 Å². The van der Waals surface area contributed by atoms with Crippen molar-refractivity contribution in [2.45, 2.75) is 31.7 Å². The maximum atomic E-state index is 13.1. The molecule has 2 heterocycles. The largest absolute Gasteiger partial charge is 0.239 e. The lowest BCUT2D eigenvalue weighted by Crippen LogP contribution is -2.08. The zero-order valence-corrected chi connectivity index (χ0v) is 6.32. The smallest absolute Gasteiger partial charge is 0.195 e. The Labute approximate surface area is 67.6 Å². The second kappa shape index (κ2) is 2.76. The Bertz CT molecular complexity index is 250. The van der Waals surface area contributed by atoms with Crippen molar-refractivity contribution in [1.29, 1.82) is 0 Å². The van der Waals surface area contributed by atoms with Crippen LogP contribution in [0.2, 0.25) is 0 Å². The van der Waals surface area contributed by atoms with Crippen LogP contribution in [0, 0.1) is 0 Å². The van der Waals surface area contributed by atoms with Crippen LogP contribution in [0.25, 0.3) is 0 Å². The van der Waals surface area contributed by atoms with Crippen LogP contribution in [-0.2, 0) is 0 Å². The van der Waals surface area contributed by atoms with Crippen molar-refractivity contribution < 1.29 is 8.78 Å². The van der Waals surface area contributed by atoms with Gasteiger partial charge >= 0.3 is 0 Å². The number of fused-ring (bicyclic) bond motifs is 1. The molecule has 6 heteroatoms. The van der Waals surface area contributed by atoms with E-state index in [1.165, 1.54) is 0 Å². The molecule has 0 saturated carbocycles. The van der Waals surface area contributed by atoms with Crippen molar-refractivity contribution in [2.24, 2.45) is 0 Å². The van der Waals surface area contributed by atoms with Crippen molar-refractivity contribution in [2.75, 3.05) is 0 Å². The van der Waals surface area contributed by atoms with Gasteiger partial charge in [-0.25, -0.2) is 8.78 Å². The highest BCUT2D eigenvalue weighted by molar-refractivity contribution is 4.90. The van der Waals surface area contributed by atoms with E-state index in [4.69, 9.17) is 0 Å². The summed E-state index contributed by atoms with van der Waals surface area (Å²) in [7, 11) is 0. The molecule has 1 aliphatic heterocycles. The van der Waals surface area contributed by atoms with Crippen LogP contribution in [0.4, 0.5) is 8.78 Å². The molecule has 0 fully saturated rings. The summed E-state index contributed by atoms with van der Waals surface area (Å²) in [6.07, 6.45) is -1.37. The number of rotatable bonds is 0. The summed E-state index contributed by atoms with van der Waals surface area (Å²) >= 11 is 0. The number of halogens is 2. The van der Waals surface area contributed by atoms with Gasteiger partial charge in [0.25, 0.3) is 0 Å². The molecule has 1 aromatic heterocycles. The first-order chi connectivity index (χ1) is 5.79. The average Bonchev–Trinajstić information content (AvgIpc) is 2.47. The van der Waals surface area contributed by atoms with E-state index >= 15 is 0 Å². The highest BCUT2D eigenvalue weighted by Gasteiger charge is 2.26. The van der Waals surface area contributed by atoms with Gasteiger partial charge in [0.2, 0.25) is 0 Å². The van der Waals surface area contributed by atoms with Gasteiger partial charge in [-0.1, -0.05) is 0 Å². The van der Waals surface area contributed by atoms with E-state index < -0.39 is 12.5 Å². The first-order valence-electron chi connectivity index (χ1n) is 3.85. The van der Waals surface area contributed by atoms with E-state index in [9.17, 15) is 8.78 Å². The summed E-state index contributed by atoms with van der Waals surface area (Å²) in [4.78, 5) is 0. The molecule has 0 aromatic carbocycles. The van der Waals surface area contributed by atoms with Gasteiger partial charge < -0.3 is 0 Å². The van der Waals surface area contributed by atoms with E-state index in [1.807, 2.05) is 0 Å². The summed E-state index contributed by atoms with van der Waals surface area (Å²) < 4.78 is 27.1. The molecule has 2 atom stereocenters. The van der Waals surface area contributed by atoms with Crippen LogP contribution in [0.1, 0.15) is 37.6 Å². The number of alkyl halides is 2. The van der Waals surface area contributed by atoms with Gasteiger partial charge in [-0.2, -0.15) is 4.68 Å². The van der Waals surface area contributed by atoms with Crippen LogP contribution >= 0.6 is 0 Å². The van der Waals surface area contributed by atoms with Crippen LogP contribution in [0.3, 0.4) is 0 Å². The summed E-state index contributed by atoms with van der Waals surface area (Å²) in [5.74, 6) is 0.0139. The summed E-state index contributed by atoms with van der Waals surface area (Å²) in [6, 6.07) is 0. The molecule has 1 aliphatic rings. The maximum Gasteiger partial charge on any atom is 0.195 e. The highest BCUT2D eigenvalue weighted by atomic mass is 19.1. The SMILES string of the molecule is FC1CCCC(F)n2nnnc21. The fourth-order valence-electron chi connectivity index (χ4n) is 1.32. The van der Waals surface area contributed by atoms with Gasteiger partial charge in [-0.05, 0) is 29.7 Å². The summed E-state index contributed by atoms with van der Waals surface area (Å²) in [5, 5.41) is 10.1. The number of hydrogen-bond donors (Lipinski definition) is 0. The molecule has 66 valence electrons. The third-order valence-electron chi connectivity index (χ3n) is 1.96. The molecule has 0 amide bonds. The third-order valence-corrected chi connectivity index (χ3v) is 1.96. The number of tetrazole rings is 1. The van der Waals surface area contributed by atoms with Crippen molar-refractivity contribution in [3.8, 4) is 0 Å². The predicted octanol–water partition coefficient (Wildman–Crippen LogP) is 1.34. The van der Waals surface area contributed by atoms with Crippen molar-refractivity contribution in [3.63, 3.8) is 0 Å². The first kappa shape index (κ1) is 7.57. The molecular weight excluding hydrogens is 166 g/mol. The van der Waals surface area contributed by atoms with Gasteiger partial charge in [0, 0.05) is 0 Å². The zero-order valence-electron chi connectivity index (χ0n) is 6.32. The Morgan fingerprint density at radius 2 is 2.17 bits per heavy atom. The standard InChI is InChI=1S/C6H8F2N4/c7-4-2-1-3-5(8)12-6(4)9-10-11-12/h4-5H,1-3H2. The number of nitrogens with zero attached hydrogens (tertiary/aromatic N) is 4. The third kappa shape index (κ3) is 1.07. The fraction of sp³-hybridized carbons (Fsp3) is 0.833. The predicted molar refractivity (Wildman–Crippen MR) is 35.7 cm³/mol. The number of aromatic nitrogens is 4. The molecule has 0 saturated heterocycles. The molecule has 0 bridgehead atoms. The van der Waals surface area contributed by atoms with E-state index in [-0.39, 0.29) is 5.82 Å². The normalized spacial score (nSPS) is 29.5. The Morgan fingerprint density at radius 1 is 1.33 bits per heavy atom. The summed E-state index contributed by atoms with van der Waals surface area (Å²) in [6.45, 7) is 0. The van der Waals surface area contributed by atoms with E-state index in [1.54, 1.807) is 0 Å². The Kier molecular flexibility index (Phi) is 1.74. The topological polar surface area (TPSA) is 43.6 Å². The lowest BCUT2D eigenvalue weighted by Gasteiger charge is -2.04. The van der Waals surface area contributed by atoms with Crippen LogP contribution in [-0.4, -0.2) is 20.2 Å². The summed E-state index contributed by atoms with van der Waals surface area (Å²) in [5.41, 5.74) is 0. The van der Waals surface area contributed by atoms with E-state index in [2.05, 4.69) is 15.5 Å². The molecule has 12 heavy (non-hydrogen) atoms. The fourth-order valence-corrected chi connectivity index (χ4v) is 1.32. The van der Waals surface area contributed by atoms with Crippen LogP contribution < -0.4 is 0 Å². The lowest BCUT2D eigenvalue weighted by atomic mass is 10.2.